The second kappa shape index (κ2) is 8.19. The molecule has 0 saturated carbocycles. The van der Waals surface area contributed by atoms with Gasteiger partial charge in [0, 0.05) is 19.3 Å². The van der Waals surface area contributed by atoms with Crippen LogP contribution in [0.2, 0.25) is 0 Å². The molecule has 1 aliphatic rings. The first-order chi connectivity index (χ1) is 12.6. The van der Waals surface area contributed by atoms with Gasteiger partial charge in [-0.3, -0.25) is 14.5 Å². The molecule has 136 valence electrons. The molecular weight excluding hydrogens is 333 g/mol. The highest BCUT2D eigenvalue weighted by molar-refractivity contribution is 6.21. The van der Waals surface area contributed by atoms with Gasteiger partial charge < -0.3 is 4.90 Å². The molecule has 0 radical (unpaired) electrons. The molecular formula is C20H22FN3O2. The Labute approximate surface area is 152 Å². The van der Waals surface area contributed by atoms with Crippen molar-refractivity contribution in [1.82, 2.24) is 14.8 Å². The van der Waals surface area contributed by atoms with E-state index in [1.165, 1.54) is 17.2 Å². The van der Waals surface area contributed by atoms with Gasteiger partial charge >= 0.3 is 0 Å². The van der Waals surface area contributed by atoms with E-state index in [9.17, 15) is 14.0 Å². The minimum Gasteiger partial charge on any atom is -0.302 e. The van der Waals surface area contributed by atoms with Gasteiger partial charge in [-0.15, -0.1) is 0 Å². The number of halogens is 1. The Morgan fingerprint density at radius 2 is 1.77 bits per heavy atom. The first-order valence-corrected chi connectivity index (χ1v) is 8.88. The summed E-state index contributed by atoms with van der Waals surface area (Å²) in [5.74, 6) is -0.886. The van der Waals surface area contributed by atoms with Gasteiger partial charge in [-0.1, -0.05) is 19.1 Å². The molecule has 6 heteroatoms. The summed E-state index contributed by atoms with van der Waals surface area (Å²) in [6, 6.07) is 10.2. The first kappa shape index (κ1) is 18.2. The number of aromatic nitrogens is 1. The number of imide groups is 1. The average molecular weight is 355 g/mol. The van der Waals surface area contributed by atoms with Crippen LogP contribution in [0.1, 0.15) is 39.6 Å². The van der Waals surface area contributed by atoms with Crippen LogP contribution in [0, 0.1) is 5.95 Å². The summed E-state index contributed by atoms with van der Waals surface area (Å²) in [4.78, 5) is 31.8. The van der Waals surface area contributed by atoms with E-state index in [1.807, 2.05) is 6.07 Å². The third-order valence-electron chi connectivity index (χ3n) is 4.70. The Morgan fingerprint density at radius 3 is 2.38 bits per heavy atom. The number of benzene rings is 1. The molecule has 0 fully saturated rings. The molecule has 2 amide bonds. The SMILES string of the molecule is CCN(CCCc1ccnc(F)c1)CCN1C(=O)c2ccccc2C1=O. The summed E-state index contributed by atoms with van der Waals surface area (Å²) in [5, 5.41) is 0. The van der Waals surface area contributed by atoms with Crippen LogP contribution in [0.25, 0.3) is 0 Å². The number of carbonyl (C=O) groups excluding carboxylic acids is 2. The number of carbonyl (C=O) groups is 2. The number of nitrogens with zero attached hydrogens (tertiary/aromatic N) is 3. The third-order valence-corrected chi connectivity index (χ3v) is 4.70. The summed E-state index contributed by atoms with van der Waals surface area (Å²) >= 11 is 0. The standard InChI is InChI=1S/C20H22FN3O2/c1-2-23(11-5-6-15-9-10-22-18(21)14-15)12-13-24-19(25)16-7-3-4-8-17(16)20(24)26/h3-4,7-10,14H,2,5-6,11-13H2,1H3. The van der Waals surface area contributed by atoms with Gasteiger partial charge in [0.2, 0.25) is 5.95 Å². The monoisotopic (exact) mass is 355 g/mol. The van der Waals surface area contributed by atoms with Crippen molar-refractivity contribution in [2.24, 2.45) is 0 Å². The minimum atomic E-state index is -0.458. The lowest BCUT2D eigenvalue weighted by Crippen LogP contribution is -2.38. The number of rotatable bonds is 8. The van der Waals surface area contributed by atoms with Crippen LogP contribution in [-0.2, 0) is 6.42 Å². The van der Waals surface area contributed by atoms with Crippen LogP contribution in [0.15, 0.2) is 42.6 Å². The minimum absolute atomic E-state index is 0.214. The molecule has 2 aromatic rings. The van der Waals surface area contributed by atoms with Crippen LogP contribution >= 0.6 is 0 Å². The quantitative estimate of drug-likeness (QED) is 0.540. The number of fused-ring (bicyclic) bond motifs is 1. The zero-order valence-electron chi connectivity index (χ0n) is 14.8. The Morgan fingerprint density at radius 1 is 1.08 bits per heavy atom. The largest absolute Gasteiger partial charge is 0.302 e. The molecule has 2 heterocycles. The molecule has 0 aliphatic carbocycles. The highest BCUT2D eigenvalue weighted by Gasteiger charge is 2.34. The van der Waals surface area contributed by atoms with Gasteiger partial charge in [0.1, 0.15) is 0 Å². The van der Waals surface area contributed by atoms with Gasteiger partial charge in [-0.2, -0.15) is 4.39 Å². The van der Waals surface area contributed by atoms with Crippen molar-refractivity contribution in [2.45, 2.75) is 19.8 Å². The van der Waals surface area contributed by atoms with Crippen LogP contribution in [0.4, 0.5) is 4.39 Å². The zero-order chi connectivity index (χ0) is 18.5. The predicted octanol–water partition coefficient (Wildman–Crippen LogP) is 2.77. The predicted molar refractivity (Wildman–Crippen MR) is 96.4 cm³/mol. The normalized spacial score (nSPS) is 13.6. The number of amides is 2. The molecule has 1 aromatic carbocycles. The highest BCUT2D eigenvalue weighted by Crippen LogP contribution is 2.22. The van der Waals surface area contributed by atoms with Crippen LogP contribution in [0.3, 0.4) is 0 Å². The van der Waals surface area contributed by atoms with E-state index in [1.54, 1.807) is 24.3 Å². The van der Waals surface area contributed by atoms with Crippen LogP contribution < -0.4 is 0 Å². The van der Waals surface area contributed by atoms with E-state index in [2.05, 4.69) is 16.8 Å². The Kier molecular flexibility index (Phi) is 5.73. The molecule has 0 atom stereocenters. The van der Waals surface area contributed by atoms with E-state index >= 15 is 0 Å². The van der Waals surface area contributed by atoms with Crippen molar-refractivity contribution in [1.29, 1.82) is 0 Å². The van der Waals surface area contributed by atoms with Crippen molar-refractivity contribution >= 4 is 11.8 Å². The van der Waals surface area contributed by atoms with E-state index in [-0.39, 0.29) is 11.8 Å². The van der Waals surface area contributed by atoms with Crippen molar-refractivity contribution < 1.29 is 14.0 Å². The molecule has 3 rings (SSSR count). The van der Waals surface area contributed by atoms with E-state index in [4.69, 9.17) is 0 Å². The van der Waals surface area contributed by atoms with Crippen LogP contribution in [0.5, 0.6) is 0 Å². The number of pyridine rings is 1. The Hall–Kier alpha value is -2.60. The topological polar surface area (TPSA) is 53.5 Å². The maximum absolute atomic E-state index is 13.1. The van der Waals surface area contributed by atoms with Crippen molar-refractivity contribution in [3.05, 3.63) is 65.2 Å². The summed E-state index contributed by atoms with van der Waals surface area (Å²) in [7, 11) is 0. The van der Waals surface area contributed by atoms with E-state index in [0.717, 1.165) is 31.5 Å². The fraction of sp³-hybridized carbons (Fsp3) is 0.350. The number of aryl methyl sites for hydroxylation is 1. The molecule has 0 N–H and O–H groups in total. The highest BCUT2D eigenvalue weighted by atomic mass is 19.1. The fourth-order valence-electron chi connectivity index (χ4n) is 3.22. The molecule has 0 spiro atoms. The second-order valence-electron chi connectivity index (χ2n) is 6.33. The molecule has 1 aromatic heterocycles. The van der Waals surface area contributed by atoms with Gasteiger partial charge in [-0.05, 0) is 55.8 Å². The summed E-state index contributed by atoms with van der Waals surface area (Å²) in [6.45, 7) is 4.71. The summed E-state index contributed by atoms with van der Waals surface area (Å²) in [5.41, 5.74) is 1.90. The molecule has 5 nitrogen and oxygen atoms in total. The average Bonchev–Trinajstić information content (AvgIpc) is 2.89. The summed E-state index contributed by atoms with van der Waals surface area (Å²) < 4.78 is 13.1. The Bertz CT molecular complexity index is 774. The van der Waals surface area contributed by atoms with Gasteiger partial charge in [0.15, 0.2) is 0 Å². The van der Waals surface area contributed by atoms with Crippen LogP contribution in [-0.4, -0.2) is 52.8 Å². The molecule has 0 bridgehead atoms. The first-order valence-electron chi connectivity index (χ1n) is 8.88. The van der Waals surface area contributed by atoms with E-state index in [0.29, 0.717) is 24.2 Å². The molecule has 0 unspecified atom stereocenters. The maximum atomic E-state index is 13.1. The lowest BCUT2D eigenvalue weighted by molar-refractivity contribution is 0.0637. The molecule has 1 aliphatic heterocycles. The lowest BCUT2D eigenvalue weighted by Gasteiger charge is -2.23. The van der Waals surface area contributed by atoms with Gasteiger partial charge in [0.25, 0.3) is 11.8 Å². The zero-order valence-corrected chi connectivity index (χ0v) is 14.8. The van der Waals surface area contributed by atoms with E-state index < -0.39 is 5.95 Å². The third kappa shape index (κ3) is 3.96. The number of hydrogen-bond acceptors (Lipinski definition) is 4. The smallest absolute Gasteiger partial charge is 0.261 e. The molecule has 26 heavy (non-hydrogen) atoms. The summed E-state index contributed by atoms with van der Waals surface area (Å²) in [6.07, 6.45) is 3.12. The van der Waals surface area contributed by atoms with Crippen molar-refractivity contribution in [3.8, 4) is 0 Å². The maximum Gasteiger partial charge on any atom is 0.261 e. The molecule has 0 saturated heterocycles. The van der Waals surface area contributed by atoms with Gasteiger partial charge in [-0.25, -0.2) is 4.98 Å². The fourth-order valence-corrected chi connectivity index (χ4v) is 3.22. The Balaban J connectivity index is 1.50. The number of likely N-dealkylation sites (N-methyl/N-ethyl adjacent to an activating group) is 1. The second-order valence-corrected chi connectivity index (χ2v) is 6.33. The number of hydrogen-bond donors (Lipinski definition) is 0. The van der Waals surface area contributed by atoms with Crippen molar-refractivity contribution in [2.75, 3.05) is 26.2 Å². The lowest BCUT2D eigenvalue weighted by atomic mass is 10.1. The van der Waals surface area contributed by atoms with Gasteiger partial charge in [0.05, 0.1) is 11.1 Å². The van der Waals surface area contributed by atoms with Crippen molar-refractivity contribution in [3.63, 3.8) is 0 Å².